The molecule has 0 aromatic heterocycles. The van der Waals surface area contributed by atoms with Crippen molar-refractivity contribution in [3.63, 3.8) is 0 Å². The molecule has 1 heterocycles. The Bertz CT molecular complexity index is 1040. The number of primary amides is 1. The van der Waals surface area contributed by atoms with Gasteiger partial charge in [0.1, 0.15) is 11.9 Å². The SMILES string of the molecule is NC(=O)COc1ccc([C@@H]2Nc3ccccc3C(=O)N2CCc2ccccc2)cc1. The van der Waals surface area contributed by atoms with Crippen LogP contribution in [0.2, 0.25) is 0 Å². The summed E-state index contributed by atoms with van der Waals surface area (Å²) in [6, 6.07) is 25.0. The second kappa shape index (κ2) is 8.69. The molecule has 6 heteroatoms. The number of para-hydroxylation sites is 1. The highest BCUT2D eigenvalue weighted by molar-refractivity contribution is 6.01. The van der Waals surface area contributed by atoms with Gasteiger partial charge in [-0.15, -0.1) is 0 Å². The van der Waals surface area contributed by atoms with Crippen molar-refractivity contribution < 1.29 is 14.3 Å². The summed E-state index contributed by atoms with van der Waals surface area (Å²) in [7, 11) is 0. The number of benzene rings is 3. The van der Waals surface area contributed by atoms with Crippen molar-refractivity contribution in [3.8, 4) is 5.75 Å². The number of hydrogen-bond donors (Lipinski definition) is 2. The van der Waals surface area contributed by atoms with E-state index < -0.39 is 5.91 Å². The van der Waals surface area contributed by atoms with E-state index in [4.69, 9.17) is 10.5 Å². The van der Waals surface area contributed by atoms with Crippen LogP contribution in [-0.2, 0) is 11.2 Å². The number of fused-ring (bicyclic) bond motifs is 1. The zero-order chi connectivity index (χ0) is 20.9. The fourth-order valence-electron chi connectivity index (χ4n) is 3.58. The van der Waals surface area contributed by atoms with Crippen LogP contribution in [0.4, 0.5) is 5.69 Å². The maximum absolute atomic E-state index is 13.3. The summed E-state index contributed by atoms with van der Waals surface area (Å²) in [4.78, 5) is 26.0. The molecule has 0 saturated heterocycles. The number of amides is 2. The summed E-state index contributed by atoms with van der Waals surface area (Å²) in [5, 5.41) is 3.49. The molecule has 152 valence electrons. The van der Waals surface area contributed by atoms with E-state index in [1.807, 2.05) is 59.5 Å². The minimum atomic E-state index is -0.526. The summed E-state index contributed by atoms with van der Waals surface area (Å²) in [6.07, 6.45) is 0.452. The number of hydrogen-bond acceptors (Lipinski definition) is 4. The first kappa shape index (κ1) is 19.5. The maximum Gasteiger partial charge on any atom is 0.257 e. The van der Waals surface area contributed by atoms with Gasteiger partial charge in [0.05, 0.1) is 5.56 Å². The van der Waals surface area contributed by atoms with E-state index in [0.717, 1.165) is 17.7 Å². The number of nitrogens with zero attached hydrogens (tertiary/aromatic N) is 1. The minimum absolute atomic E-state index is 0.000615. The van der Waals surface area contributed by atoms with Crippen molar-refractivity contribution >= 4 is 17.5 Å². The smallest absolute Gasteiger partial charge is 0.257 e. The number of ether oxygens (including phenoxy) is 1. The molecule has 1 atom stereocenters. The molecule has 4 rings (SSSR count). The fraction of sp³-hybridized carbons (Fsp3) is 0.167. The molecule has 0 aliphatic carbocycles. The van der Waals surface area contributed by atoms with Gasteiger partial charge in [-0.2, -0.15) is 0 Å². The summed E-state index contributed by atoms with van der Waals surface area (Å²) >= 11 is 0. The Labute approximate surface area is 175 Å². The Balaban J connectivity index is 1.59. The molecule has 0 bridgehead atoms. The summed E-state index contributed by atoms with van der Waals surface area (Å²) in [5.74, 6) is 0.0255. The van der Waals surface area contributed by atoms with Gasteiger partial charge in [-0.05, 0) is 41.8 Å². The van der Waals surface area contributed by atoms with Gasteiger partial charge < -0.3 is 20.7 Å². The summed E-state index contributed by atoms with van der Waals surface area (Å²) in [5.41, 5.74) is 8.72. The predicted molar refractivity (Wildman–Crippen MR) is 115 cm³/mol. The lowest BCUT2D eigenvalue weighted by Crippen LogP contribution is -2.43. The lowest BCUT2D eigenvalue weighted by Gasteiger charge is -2.38. The number of carbonyl (C=O) groups excluding carboxylic acids is 2. The molecule has 0 saturated carbocycles. The number of nitrogens with one attached hydrogen (secondary N) is 1. The number of nitrogens with two attached hydrogens (primary N) is 1. The normalized spacial score (nSPS) is 15.3. The lowest BCUT2D eigenvalue weighted by atomic mass is 10.0. The van der Waals surface area contributed by atoms with Crippen LogP contribution in [0.15, 0.2) is 78.9 Å². The first-order valence-electron chi connectivity index (χ1n) is 9.83. The number of carbonyl (C=O) groups is 2. The molecule has 30 heavy (non-hydrogen) atoms. The molecule has 6 nitrogen and oxygen atoms in total. The van der Waals surface area contributed by atoms with E-state index in [9.17, 15) is 9.59 Å². The Morgan fingerprint density at radius 3 is 2.40 bits per heavy atom. The predicted octanol–water partition coefficient (Wildman–Crippen LogP) is 3.36. The average Bonchev–Trinajstić information content (AvgIpc) is 2.78. The highest BCUT2D eigenvalue weighted by atomic mass is 16.5. The third-order valence-electron chi connectivity index (χ3n) is 5.08. The molecule has 3 aromatic rings. The minimum Gasteiger partial charge on any atom is -0.484 e. The number of anilines is 1. The molecular weight excluding hydrogens is 378 g/mol. The first-order valence-corrected chi connectivity index (χ1v) is 9.83. The van der Waals surface area contributed by atoms with Crippen LogP contribution >= 0.6 is 0 Å². The van der Waals surface area contributed by atoms with Crippen molar-refractivity contribution in [2.24, 2.45) is 5.73 Å². The molecule has 1 aliphatic heterocycles. The topological polar surface area (TPSA) is 84.7 Å². The molecule has 2 amide bonds. The standard InChI is InChI=1S/C24H23N3O3/c25-22(28)16-30-19-12-10-18(11-13-19)23-26-21-9-5-4-8-20(21)24(29)27(23)15-14-17-6-2-1-3-7-17/h1-13,23,26H,14-16H2,(H2,25,28)/t23-/m1/s1. The number of rotatable bonds is 7. The summed E-state index contributed by atoms with van der Waals surface area (Å²) < 4.78 is 5.34. The van der Waals surface area contributed by atoms with Crippen molar-refractivity contribution in [2.45, 2.75) is 12.6 Å². The largest absolute Gasteiger partial charge is 0.484 e. The molecule has 0 radical (unpaired) electrons. The van der Waals surface area contributed by atoms with Gasteiger partial charge in [-0.25, -0.2) is 0 Å². The van der Waals surface area contributed by atoms with Crippen LogP contribution in [0.25, 0.3) is 0 Å². The van der Waals surface area contributed by atoms with E-state index in [2.05, 4.69) is 17.4 Å². The van der Waals surface area contributed by atoms with E-state index in [0.29, 0.717) is 17.9 Å². The second-order valence-corrected chi connectivity index (χ2v) is 7.15. The van der Waals surface area contributed by atoms with Gasteiger partial charge >= 0.3 is 0 Å². The van der Waals surface area contributed by atoms with Crippen LogP contribution < -0.4 is 15.8 Å². The lowest BCUT2D eigenvalue weighted by molar-refractivity contribution is -0.119. The van der Waals surface area contributed by atoms with E-state index >= 15 is 0 Å². The molecule has 0 unspecified atom stereocenters. The van der Waals surface area contributed by atoms with Gasteiger partial charge in [-0.3, -0.25) is 9.59 Å². The highest BCUT2D eigenvalue weighted by Crippen LogP contribution is 2.33. The summed E-state index contributed by atoms with van der Waals surface area (Å²) in [6.45, 7) is 0.408. The van der Waals surface area contributed by atoms with Gasteiger partial charge in [0.15, 0.2) is 6.61 Å². The third-order valence-corrected chi connectivity index (χ3v) is 5.08. The van der Waals surface area contributed by atoms with E-state index in [1.54, 1.807) is 12.1 Å². The average molecular weight is 401 g/mol. The Hall–Kier alpha value is -3.80. The van der Waals surface area contributed by atoms with Gasteiger partial charge in [0, 0.05) is 12.2 Å². The van der Waals surface area contributed by atoms with Crippen LogP contribution in [0.1, 0.15) is 27.7 Å². The van der Waals surface area contributed by atoms with Crippen LogP contribution in [0.5, 0.6) is 5.75 Å². The van der Waals surface area contributed by atoms with Crippen LogP contribution in [-0.4, -0.2) is 29.9 Å². The zero-order valence-electron chi connectivity index (χ0n) is 16.5. The van der Waals surface area contributed by atoms with Gasteiger partial charge in [0.2, 0.25) is 0 Å². The Morgan fingerprint density at radius 2 is 1.67 bits per heavy atom. The van der Waals surface area contributed by atoms with Crippen LogP contribution in [0.3, 0.4) is 0 Å². The third kappa shape index (κ3) is 4.27. The molecular formula is C24H23N3O3. The monoisotopic (exact) mass is 401 g/mol. The first-order chi connectivity index (χ1) is 14.6. The van der Waals surface area contributed by atoms with Crippen molar-refractivity contribution in [2.75, 3.05) is 18.5 Å². The van der Waals surface area contributed by atoms with Gasteiger partial charge in [0.25, 0.3) is 11.8 Å². The second-order valence-electron chi connectivity index (χ2n) is 7.15. The molecule has 3 N–H and O–H groups in total. The fourth-order valence-corrected chi connectivity index (χ4v) is 3.58. The zero-order valence-corrected chi connectivity index (χ0v) is 16.5. The maximum atomic E-state index is 13.3. The van der Waals surface area contributed by atoms with Crippen molar-refractivity contribution in [3.05, 3.63) is 95.6 Å². The molecule has 0 spiro atoms. The molecule has 0 fully saturated rings. The van der Waals surface area contributed by atoms with E-state index in [1.165, 1.54) is 5.56 Å². The van der Waals surface area contributed by atoms with E-state index in [-0.39, 0.29) is 18.7 Å². The molecule has 3 aromatic carbocycles. The van der Waals surface area contributed by atoms with Crippen LogP contribution in [0, 0.1) is 0 Å². The quantitative estimate of drug-likeness (QED) is 0.636. The Morgan fingerprint density at radius 1 is 0.967 bits per heavy atom. The van der Waals surface area contributed by atoms with Gasteiger partial charge in [-0.1, -0.05) is 54.6 Å². The highest BCUT2D eigenvalue weighted by Gasteiger charge is 2.32. The van der Waals surface area contributed by atoms with Crippen molar-refractivity contribution in [1.82, 2.24) is 4.90 Å². The molecule has 1 aliphatic rings. The van der Waals surface area contributed by atoms with Crippen molar-refractivity contribution in [1.29, 1.82) is 0 Å². The Kier molecular flexibility index (Phi) is 5.66.